The summed E-state index contributed by atoms with van der Waals surface area (Å²) < 4.78 is 0. The molecule has 3 nitrogen and oxygen atoms in total. The quantitative estimate of drug-likeness (QED) is 0.776. The Morgan fingerprint density at radius 3 is 2.94 bits per heavy atom. The number of allylic oxidation sites excluding steroid dienone is 3. The highest BCUT2D eigenvalue weighted by Gasteiger charge is 2.39. The minimum absolute atomic E-state index is 0.0926. The largest absolute Gasteiger partial charge is 0.480 e. The molecule has 0 bridgehead atoms. The number of carbonyl (C=O) groups is 1. The third-order valence-electron chi connectivity index (χ3n) is 4.08. The molecule has 1 aliphatic carbocycles. The van der Waals surface area contributed by atoms with Crippen LogP contribution in [0.25, 0.3) is 0 Å². The van der Waals surface area contributed by atoms with Crippen molar-refractivity contribution in [1.29, 1.82) is 0 Å². The zero-order valence-electron chi connectivity index (χ0n) is 10.7. The van der Waals surface area contributed by atoms with Crippen molar-refractivity contribution in [2.45, 2.75) is 31.7 Å². The molecule has 2 atom stereocenters. The van der Waals surface area contributed by atoms with Gasteiger partial charge in [0.25, 0.3) is 0 Å². The van der Waals surface area contributed by atoms with Gasteiger partial charge >= 0.3 is 5.97 Å². The summed E-state index contributed by atoms with van der Waals surface area (Å²) in [5.41, 5.74) is -0.0926. The molecule has 2 aliphatic rings. The standard InChI is InChI=1S/C15H21NO2/c1-2-15(9-5-3-6-10-15)13-8-4-7-11-16(13)12-14(17)18/h2-3,5-6,9,13H,1,4,7-8,10-12H2,(H,17,18). The molecule has 98 valence electrons. The third-order valence-corrected chi connectivity index (χ3v) is 4.08. The van der Waals surface area contributed by atoms with Gasteiger partial charge in [-0.3, -0.25) is 9.69 Å². The maximum absolute atomic E-state index is 11.0. The second-order valence-corrected chi connectivity index (χ2v) is 5.18. The normalized spacial score (nSPS) is 32.3. The van der Waals surface area contributed by atoms with Crippen LogP contribution in [0.5, 0.6) is 0 Å². The van der Waals surface area contributed by atoms with Crippen molar-refractivity contribution in [1.82, 2.24) is 4.90 Å². The number of rotatable bonds is 4. The maximum atomic E-state index is 11.0. The molecule has 0 radical (unpaired) electrons. The van der Waals surface area contributed by atoms with E-state index in [4.69, 9.17) is 5.11 Å². The van der Waals surface area contributed by atoms with Gasteiger partial charge in [0.15, 0.2) is 0 Å². The number of carboxylic acid groups (broad SMARTS) is 1. The lowest BCUT2D eigenvalue weighted by Crippen LogP contribution is -2.50. The Kier molecular flexibility index (Phi) is 4.02. The van der Waals surface area contributed by atoms with Crippen molar-refractivity contribution in [3.63, 3.8) is 0 Å². The fourth-order valence-corrected chi connectivity index (χ4v) is 3.15. The Labute approximate surface area is 108 Å². The van der Waals surface area contributed by atoms with Gasteiger partial charge in [0.2, 0.25) is 0 Å². The summed E-state index contributed by atoms with van der Waals surface area (Å²) in [5.74, 6) is -0.739. The molecule has 1 N–H and O–H groups in total. The molecule has 0 aromatic heterocycles. The molecule has 3 heteroatoms. The average molecular weight is 247 g/mol. The second-order valence-electron chi connectivity index (χ2n) is 5.18. The summed E-state index contributed by atoms with van der Waals surface area (Å²) in [6, 6.07) is 0.265. The van der Waals surface area contributed by atoms with E-state index < -0.39 is 5.97 Å². The van der Waals surface area contributed by atoms with Gasteiger partial charge in [0, 0.05) is 11.5 Å². The number of carboxylic acids is 1. The molecular formula is C15H21NO2. The average Bonchev–Trinajstić information content (AvgIpc) is 2.39. The molecule has 0 saturated carbocycles. The van der Waals surface area contributed by atoms with E-state index in [1.165, 1.54) is 6.42 Å². The van der Waals surface area contributed by atoms with Crippen LogP contribution >= 0.6 is 0 Å². The van der Waals surface area contributed by atoms with Gasteiger partial charge < -0.3 is 5.11 Å². The maximum Gasteiger partial charge on any atom is 0.317 e. The van der Waals surface area contributed by atoms with Gasteiger partial charge in [0.05, 0.1) is 6.54 Å². The second kappa shape index (κ2) is 5.53. The lowest BCUT2D eigenvalue weighted by Gasteiger charge is -2.45. The molecule has 0 spiro atoms. The predicted molar refractivity (Wildman–Crippen MR) is 72.4 cm³/mol. The Balaban J connectivity index is 2.21. The highest BCUT2D eigenvalue weighted by molar-refractivity contribution is 5.69. The van der Waals surface area contributed by atoms with Gasteiger partial charge in [-0.05, 0) is 25.8 Å². The SMILES string of the molecule is C=CC1(C2CCCCN2CC(=O)O)C=CC=CC1. The summed E-state index contributed by atoms with van der Waals surface area (Å²) in [6.45, 7) is 5.00. The number of aliphatic carboxylic acids is 1. The first-order chi connectivity index (χ1) is 8.68. The third kappa shape index (κ3) is 2.56. The number of nitrogens with zero attached hydrogens (tertiary/aromatic N) is 1. The number of hydrogen-bond donors (Lipinski definition) is 1. The number of likely N-dealkylation sites (tertiary alicyclic amines) is 1. The summed E-state index contributed by atoms with van der Waals surface area (Å²) in [6.07, 6.45) is 14.7. The van der Waals surface area contributed by atoms with Crippen LogP contribution in [0.3, 0.4) is 0 Å². The minimum atomic E-state index is -0.739. The van der Waals surface area contributed by atoms with Crippen LogP contribution in [0.4, 0.5) is 0 Å². The van der Waals surface area contributed by atoms with Crippen molar-refractivity contribution in [3.8, 4) is 0 Å². The molecule has 2 unspecified atom stereocenters. The van der Waals surface area contributed by atoms with E-state index in [-0.39, 0.29) is 18.0 Å². The van der Waals surface area contributed by atoms with Crippen LogP contribution in [0.1, 0.15) is 25.7 Å². The van der Waals surface area contributed by atoms with Crippen LogP contribution in [0.15, 0.2) is 37.0 Å². The number of piperidine rings is 1. The monoisotopic (exact) mass is 247 g/mol. The first kappa shape index (κ1) is 13.1. The zero-order chi connectivity index (χ0) is 13.0. The van der Waals surface area contributed by atoms with Crippen molar-refractivity contribution in [2.75, 3.05) is 13.1 Å². The van der Waals surface area contributed by atoms with Crippen LogP contribution in [0.2, 0.25) is 0 Å². The Morgan fingerprint density at radius 1 is 1.50 bits per heavy atom. The Hall–Kier alpha value is -1.35. The van der Waals surface area contributed by atoms with Crippen LogP contribution in [-0.2, 0) is 4.79 Å². The highest BCUT2D eigenvalue weighted by atomic mass is 16.4. The smallest absolute Gasteiger partial charge is 0.317 e. The molecule has 1 saturated heterocycles. The van der Waals surface area contributed by atoms with Crippen molar-refractivity contribution in [3.05, 3.63) is 37.0 Å². The van der Waals surface area contributed by atoms with Crippen LogP contribution in [-0.4, -0.2) is 35.1 Å². The number of hydrogen-bond acceptors (Lipinski definition) is 2. The summed E-state index contributed by atoms with van der Waals surface area (Å²) >= 11 is 0. The fourth-order valence-electron chi connectivity index (χ4n) is 3.15. The summed E-state index contributed by atoms with van der Waals surface area (Å²) in [4.78, 5) is 13.1. The van der Waals surface area contributed by atoms with Gasteiger partial charge in [-0.2, -0.15) is 0 Å². The topological polar surface area (TPSA) is 40.5 Å². The van der Waals surface area contributed by atoms with Gasteiger partial charge in [-0.15, -0.1) is 6.58 Å². The molecule has 0 aromatic rings. The van der Waals surface area contributed by atoms with Crippen molar-refractivity contribution in [2.24, 2.45) is 5.41 Å². The van der Waals surface area contributed by atoms with E-state index in [1.807, 2.05) is 12.2 Å². The van der Waals surface area contributed by atoms with Crippen molar-refractivity contribution < 1.29 is 9.90 Å². The van der Waals surface area contributed by atoms with E-state index in [9.17, 15) is 4.79 Å². The van der Waals surface area contributed by atoms with Crippen LogP contribution in [0, 0.1) is 5.41 Å². The van der Waals surface area contributed by atoms with E-state index in [0.29, 0.717) is 0 Å². The lowest BCUT2D eigenvalue weighted by atomic mass is 9.71. The van der Waals surface area contributed by atoms with Gasteiger partial charge in [-0.1, -0.05) is 36.8 Å². The first-order valence-electron chi connectivity index (χ1n) is 6.62. The van der Waals surface area contributed by atoms with E-state index >= 15 is 0 Å². The molecule has 0 aromatic carbocycles. The minimum Gasteiger partial charge on any atom is -0.480 e. The predicted octanol–water partition coefficient (Wildman–Crippen LogP) is 2.61. The molecule has 2 rings (SSSR count). The van der Waals surface area contributed by atoms with E-state index in [2.05, 4.69) is 29.7 Å². The van der Waals surface area contributed by atoms with Crippen molar-refractivity contribution >= 4 is 5.97 Å². The Bertz CT molecular complexity index is 386. The zero-order valence-corrected chi connectivity index (χ0v) is 10.7. The molecule has 0 amide bonds. The van der Waals surface area contributed by atoms with Gasteiger partial charge in [-0.25, -0.2) is 0 Å². The van der Waals surface area contributed by atoms with E-state index in [0.717, 1.165) is 25.8 Å². The highest BCUT2D eigenvalue weighted by Crippen LogP contribution is 2.40. The summed E-state index contributed by atoms with van der Waals surface area (Å²) in [7, 11) is 0. The molecule has 18 heavy (non-hydrogen) atoms. The molecule has 1 aliphatic heterocycles. The van der Waals surface area contributed by atoms with E-state index in [1.54, 1.807) is 0 Å². The Morgan fingerprint density at radius 2 is 2.33 bits per heavy atom. The molecular weight excluding hydrogens is 226 g/mol. The lowest BCUT2D eigenvalue weighted by molar-refractivity contribution is -0.139. The molecule has 1 fully saturated rings. The first-order valence-corrected chi connectivity index (χ1v) is 6.62. The van der Waals surface area contributed by atoms with Gasteiger partial charge in [0.1, 0.15) is 0 Å². The fraction of sp³-hybridized carbons (Fsp3) is 0.533. The summed E-state index contributed by atoms with van der Waals surface area (Å²) in [5, 5.41) is 9.04. The molecule has 1 heterocycles. The van der Waals surface area contributed by atoms with Crippen LogP contribution < -0.4 is 0 Å².